The third-order valence-corrected chi connectivity index (χ3v) is 4.86. The fourth-order valence-corrected chi connectivity index (χ4v) is 3.24. The first-order valence-electron chi connectivity index (χ1n) is 8.73. The Morgan fingerprint density at radius 3 is 2.58 bits per heavy atom. The topological polar surface area (TPSA) is 60.6 Å². The summed E-state index contributed by atoms with van der Waals surface area (Å²) in [5.41, 5.74) is 2.18. The van der Waals surface area contributed by atoms with E-state index < -0.39 is 0 Å². The van der Waals surface area contributed by atoms with Gasteiger partial charge in [0.15, 0.2) is 6.04 Å². The minimum atomic E-state index is -0.233. The zero-order valence-corrected chi connectivity index (χ0v) is 14.7. The summed E-state index contributed by atoms with van der Waals surface area (Å²) >= 11 is 0. The van der Waals surface area contributed by atoms with Crippen molar-refractivity contribution >= 4 is 17.3 Å². The minimum absolute atomic E-state index is 0.0506. The van der Waals surface area contributed by atoms with E-state index >= 15 is 0 Å². The lowest BCUT2D eigenvalue weighted by Crippen LogP contribution is -3.19. The molecule has 134 valence electrons. The molecule has 2 aromatic rings. The molecule has 0 unspecified atom stereocenters. The number of carbonyl (C=O) groups excluding carboxylic acids is 1. The molecule has 0 saturated carbocycles. The molecule has 1 heterocycles. The highest BCUT2D eigenvalue weighted by molar-refractivity contribution is 5.93. The summed E-state index contributed by atoms with van der Waals surface area (Å²) < 4.78 is 13.1. The summed E-state index contributed by atoms with van der Waals surface area (Å²) in [6, 6.07) is 15.3. The third-order valence-electron chi connectivity index (χ3n) is 4.86. The minimum Gasteiger partial charge on any atom is -0.360 e. The highest BCUT2D eigenvalue weighted by Gasteiger charge is 2.29. The van der Waals surface area contributed by atoms with Crippen LogP contribution in [0.3, 0.4) is 0 Å². The number of hydrogen-bond donors (Lipinski definition) is 2. The summed E-state index contributed by atoms with van der Waals surface area (Å²) in [4.78, 5) is 16.0. The van der Waals surface area contributed by atoms with Crippen molar-refractivity contribution in [1.29, 1.82) is 5.26 Å². The van der Waals surface area contributed by atoms with Gasteiger partial charge in [-0.25, -0.2) is 4.39 Å². The van der Waals surface area contributed by atoms with Crippen LogP contribution in [-0.2, 0) is 4.79 Å². The molecule has 1 atom stereocenters. The SMILES string of the molecule is C[C@H](C(=O)Nc1cccc(C#N)c1)[NH+]1CCN(c2ccc(F)cc2)CC1. The van der Waals surface area contributed by atoms with Crippen molar-refractivity contribution in [1.82, 2.24) is 0 Å². The van der Waals surface area contributed by atoms with Crippen LogP contribution < -0.4 is 15.1 Å². The first kappa shape index (κ1) is 17.9. The van der Waals surface area contributed by atoms with Gasteiger partial charge in [-0.2, -0.15) is 5.26 Å². The zero-order valence-electron chi connectivity index (χ0n) is 14.7. The number of piperazine rings is 1. The van der Waals surface area contributed by atoms with E-state index in [-0.39, 0.29) is 17.8 Å². The molecule has 1 amide bonds. The van der Waals surface area contributed by atoms with Crippen molar-refractivity contribution in [3.8, 4) is 6.07 Å². The number of amides is 1. The lowest BCUT2D eigenvalue weighted by molar-refractivity contribution is -0.914. The van der Waals surface area contributed by atoms with Gasteiger partial charge in [0.05, 0.1) is 37.8 Å². The average Bonchev–Trinajstić information content (AvgIpc) is 2.68. The standard InChI is InChI=1S/C20H21FN4O/c1-15(20(26)23-18-4-2-3-16(13-18)14-22)24-9-11-25(12-10-24)19-7-5-17(21)6-8-19/h2-8,13,15H,9-12H2,1H3,(H,23,26)/p+1/t15-/m1/s1. The predicted octanol–water partition coefficient (Wildman–Crippen LogP) is 1.43. The maximum Gasteiger partial charge on any atom is 0.282 e. The summed E-state index contributed by atoms with van der Waals surface area (Å²) in [6.45, 7) is 5.24. The average molecular weight is 353 g/mol. The van der Waals surface area contributed by atoms with E-state index in [1.54, 1.807) is 36.4 Å². The van der Waals surface area contributed by atoms with Gasteiger partial charge in [0, 0.05) is 11.4 Å². The van der Waals surface area contributed by atoms with Crippen LogP contribution in [0.1, 0.15) is 12.5 Å². The zero-order chi connectivity index (χ0) is 18.5. The van der Waals surface area contributed by atoms with Gasteiger partial charge in [-0.15, -0.1) is 0 Å². The lowest BCUT2D eigenvalue weighted by Gasteiger charge is -2.36. The number of nitriles is 1. The van der Waals surface area contributed by atoms with Crippen LogP contribution in [0.2, 0.25) is 0 Å². The maximum atomic E-state index is 13.1. The van der Waals surface area contributed by atoms with Crippen molar-refractivity contribution in [2.75, 3.05) is 36.4 Å². The Morgan fingerprint density at radius 2 is 1.92 bits per heavy atom. The van der Waals surface area contributed by atoms with Crippen LogP contribution in [0.4, 0.5) is 15.8 Å². The molecular formula is C20H22FN4O+. The van der Waals surface area contributed by atoms with Gasteiger partial charge in [-0.05, 0) is 49.4 Å². The Labute approximate surface area is 152 Å². The molecule has 0 bridgehead atoms. The fraction of sp³-hybridized carbons (Fsp3) is 0.300. The Balaban J connectivity index is 1.55. The van der Waals surface area contributed by atoms with Crippen molar-refractivity contribution in [2.45, 2.75) is 13.0 Å². The van der Waals surface area contributed by atoms with E-state index in [9.17, 15) is 9.18 Å². The van der Waals surface area contributed by atoms with E-state index in [1.165, 1.54) is 17.0 Å². The van der Waals surface area contributed by atoms with E-state index in [0.29, 0.717) is 11.3 Å². The molecule has 0 aliphatic carbocycles. The molecule has 0 aromatic heterocycles. The second kappa shape index (κ2) is 7.98. The summed E-state index contributed by atoms with van der Waals surface area (Å²) in [5.74, 6) is -0.283. The normalized spacial score (nSPS) is 16.0. The van der Waals surface area contributed by atoms with Crippen molar-refractivity contribution in [3.63, 3.8) is 0 Å². The predicted molar refractivity (Wildman–Crippen MR) is 98.6 cm³/mol. The van der Waals surface area contributed by atoms with Gasteiger partial charge in [0.2, 0.25) is 0 Å². The highest BCUT2D eigenvalue weighted by Crippen LogP contribution is 2.14. The third kappa shape index (κ3) is 4.19. The van der Waals surface area contributed by atoms with Crippen molar-refractivity contribution in [3.05, 3.63) is 59.9 Å². The number of nitrogens with one attached hydrogen (secondary N) is 2. The Morgan fingerprint density at radius 1 is 1.23 bits per heavy atom. The lowest BCUT2D eigenvalue weighted by atomic mass is 10.1. The van der Waals surface area contributed by atoms with Crippen molar-refractivity contribution < 1.29 is 14.1 Å². The molecule has 2 N–H and O–H groups in total. The smallest absolute Gasteiger partial charge is 0.282 e. The quantitative estimate of drug-likeness (QED) is 0.874. The van der Waals surface area contributed by atoms with Crippen LogP contribution >= 0.6 is 0 Å². The number of carbonyl (C=O) groups is 1. The second-order valence-corrected chi connectivity index (χ2v) is 6.53. The van der Waals surface area contributed by atoms with Crippen LogP contribution in [0, 0.1) is 17.1 Å². The van der Waals surface area contributed by atoms with E-state index in [1.807, 2.05) is 6.92 Å². The molecule has 6 heteroatoms. The van der Waals surface area contributed by atoms with Gasteiger partial charge in [0.1, 0.15) is 5.82 Å². The molecule has 1 saturated heterocycles. The molecular weight excluding hydrogens is 331 g/mol. The number of benzene rings is 2. The number of hydrogen-bond acceptors (Lipinski definition) is 3. The molecule has 5 nitrogen and oxygen atoms in total. The molecule has 1 aliphatic heterocycles. The Bertz CT molecular complexity index is 807. The van der Waals surface area contributed by atoms with Crippen LogP contribution in [0.15, 0.2) is 48.5 Å². The fourth-order valence-electron chi connectivity index (χ4n) is 3.24. The molecule has 2 aromatic carbocycles. The van der Waals surface area contributed by atoms with E-state index in [2.05, 4.69) is 16.3 Å². The molecule has 1 aliphatic rings. The van der Waals surface area contributed by atoms with Gasteiger partial charge in [0.25, 0.3) is 5.91 Å². The van der Waals surface area contributed by atoms with Crippen LogP contribution in [-0.4, -0.2) is 38.1 Å². The summed E-state index contributed by atoms with van der Waals surface area (Å²) in [6.07, 6.45) is 0. The summed E-state index contributed by atoms with van der Waals surface area (Å²) in [5, 5.41) is 11.8. The maximum absolute atomic E-state index is 13.1. The van der Waals surface area contributed by atoms with E-state index in [4.69, 9.17) is 5.26 Å². The number of rotatable bonds is 4. The Kier molecular flexibility index (Phi) is 5.49. The van der Waals surface area contributed by atoms with Gasteiger partial charge < -0.3 is 15.1 Å². The van der Waals surface area contributed by atoms with Crippen molar-refractivity contribution in [2.24, 2.45) is 0 Å². The first-order chi connectivity index (χ1) is 12.6. The first-order valence-corrected chi connectivity index (χ1v) is 8.73. The Hall–Kier alpha value is -2.91. The van der Waals surface area contributed by atoms with Gasteiger partial charge in [-0.1, -0.05) is 6.07 Å². The van der Waals surface area contributed by atoms with Gasteiger partial charge in [-0.3, -0.25) is 4.79 Å². The highest BCUT2D eigenvalue weighted by atomic mass is 19.1. The summed E-state index contributed by atoms with van der Waals surface area (Å²) in [7, 11) is 0. The molecule has 26 heavy (non-hydrogen) atoms. The number of anilines is 2. The second-order valence-electron chi connectivity index (χ2n) is 6.53. The van der Waals surface area contributed by atoms with E-state index in [0.717, 1.165) is 31.9 Å². The van der Waals surface area contributed by atoms with Crippen LogP contribution in [0.5, 0.6) is 0 Å². The van der Waals surface area contributed by atoms with Gasteiger partial charge >= 0.3 is 0 Å². The molecule has 0 spiro atoms. The molecule has 3 rings (SSSR count). The largest absolute Gasteiger partial charge is 0.360 e. The van der Waals surface area contributed by atoms with Crippen LogP contribution in [0.25, 0.3) is 0 Å². The number of halogens is 1. The molecule has 0 radical (unpaired) electrons. The number of quaternary nitrogens is 1. The number of nitrogens with zero attached hydrogens (tertiary/aromatic N) is 2. The monoisotopic (exact) mass is 353 g/mol. The molecule has 1 fully saturated rings.